The number of para-hydroxylation sites is 1. The van der Waals surface area contributed by atoms with Crippen molar-refractivity contribution in [2.75, 3.05) is 11.9 Å². The molecule has 25 heavy (non-hydrogen) atoms. The smallest absolute Gasteiger partial charge is 0.337 e. The second-order valence-corrected chi connectivity index (χ2v) is 5.01. The summed E-state index contributed by atoms with van der Waals surface area (Å²) in [5.74, 6) is -5.24. The molecule has 2 rings (SSSR count). The number of ether oxygens (including phenoxy) is 1. The Morgan fingerprint density at radius 3 is 2.36 bits per heavy atom. The number of carbonyl (C=O) groups is 3. The van der Waals surface area contributed by atoms with Gasteiger partial charge < -0.3 is 15.2 Å². The van der Waals surface area contributed by atoms with Crippen LogP contribution in [0.2, 0.25) is 0 Å². The topological polar surface area (TPSA) is 92.7 Å². The Morgan fingerprint density at radius 2 is 1.72 bits per heavy atom. The van der Waals surface area contributed by atoms with Gasteiger partial charge in [-0.1, -0.05) is 12.1 Å². The fourth-order valence-corrected chi connectivity index (χ4v) is 2.03. The van der Waals surface area contributed by atoms with E-state index in [0.29, 0.717) is 12.1 Å². The third kappa shape index (κ3) is 4.37. The van der Waals surface area contributed by atoms with Crippen LogP contribution in [0, 0.1) is 11.6 Å². The van der Waals surface area contributed by atoms with E-state index in [0.717, 1.165) is 6.92 Å². The molecule has 8 heteroatoms. The van der Waals surface area contributed by atoms with Crippen molar-refractivity contribution in [2.45, 2.75) is 6.92 Å². The van der Waals surface area contributed by atoms with Gasteiger partial charge in [0.2, 0.25) is 0 Å². The average molecular weight is 349 g/mol. The molecule has 0 aliphatic carbocycles. The number of amides is 1. The van der Waals surface area contributed by atoms with Gasteiger partial charge in [-0.25, -0.2) is 13.6 Å². The largest absolute Gasteiger partial charge is 0.483 e. The predicted octanol–water partition coefficient (Wildman–Crippen LogP) is 2.88. The normalized spacial score (nSPS) is 10.2. The number of carbonyl (C=O) groups excluding carboxylic acids is 2. The number of anilines is 1. The highest BCUT2D eigenvalue weighted by Crippen LogP contribution is 2.23. The molecular formula is C17H13F2NO5. The number of benzene rings is 2. The van der Waals surface area contributed by atoms with Crippen LogP contribution in [0.1, 0.15) is 27.6 Å². The third-order valence-corrected chi connectivity index (χ3v) is 3.19. The van der Waals surface area contributed by atoms with E-state index in [1.54, 1.807) is 0 Å². The molecule has 0 aromatic heterocycles. The van der Waals surface area contributed by atoms with E-state index >= 15 is 0 Å². The number of hydrogen-bond acceptors (Lipinski definition) is 4. The molecule has 0 bridgehead atoms. The van der Waals surface area contributed by atoms with E-state index in [1.165, 1.54) is 24.3 Å². The van der Waals surface area contributed by atoms with Crippen molar-refractivity contribution in [1.29, 1.82) is 0 Å². The van der Waals surface area contributed by atoms with Crippen LogP contribution in [-0.4, -0.2) is 29.4 Å². The van der Waals surface area contributed by atoms with Crippen molar-refractivity contribution in [1.82, 2.24) is 0 Å². The first-order valence-electron chi connectivity index (χ1n) is 7.04. The molecule has 0 heterocycles. The zero-order valence-corrected chi connectivity index (χ0v) is 13.0. The maximum atomic E-state index is 13.3. The number of ketones is 1. The number of carboxylic acid groups (broad SMARTS) is 1. The second kappa shape index (κ2) is 7.52. The maximum Gasteiger partial charge on any atom is 0.337 e. The summed E-state index contributed by atoms with van der Waals surface area (Å²) in [5, 5.41) is 11.4. The summed E-state index contributed by atoms with van der Waals surface area (Å²) in [7, 11) is 0. The molecule has 0 aliphatic heterocycles. The quantitative estimate of drug-likeness (QED) is 0.782. The molecule has 2 aromatic rings. The minimum absolute atomic E-state index is 0.0562. The molecule has 0 radical (unpaired) electrons. The van der Waals surface area contributed by atoms with Crippen molar-refractivity contribution < 1.29 is 33.0 Å². The van der Waals surface area contributed by atoms with E-state index in [4.69, 9.17) is 9.84 Å². The SMILES string of the molecule is CC(=O)c1cc(F)c(F)cc1OCC(=O)Nc1ccccc1C(=O)O. The number of hydrogen-bond donors (Lipinski definition) is 2. The van der Waals surface area contributed by atoms with Crippen molar-refractivity contribution in [2.24, 2.45) is 0 Å². The van der Waals surface area contributed by atoms with E-state index in [1.807, 2.05) is 0 Å². The molecule has 0 saturated carbocycles. The Bertz CT molecular complexity index is 851. The Balaban J connectivity index is 2.12. The van der Waals surface area contributed by atoms with Crippen LogP contribution in [0.25, 0.3) is 0 Å². The highest BCUT2D eigenvalue weighted by molar-refractivity contribution is 6.01. The number of halogens is 2. The molecule has 130 valence electrons. The summed E-state index contributed by atoms with van der Waals surface area (Å²) >= 11 is 0. The van der Waals surface area contributed by atoms with E-state index in [9.17, 15) is 23.2 Å². The standard InChI is InChI=1S/C17H13F2NO5/c1-9(21)11-6-12(18)13(19)7-15(11)25-8-16(22)20-14-5-3-2-4-10(14)17(23)24/h2-7H,8H2,1H3,(H,20,22)(H,23,24). The molecule has 1 amide bonds. The van der Waals surface area contributed by atoms with Gasteiger partial charge in [0.05, 0.1) is 16.8 Å². The molecular weight excluding hydrogens is 336 g/mol. The maximum absolute atomic E-state index is 13.3. The molecule has 0 spiro atoms. The Labute approximate surface area is 141 Å². The van der Waals surface area contributed by atoms with Crippen LogP contribution in [0.15, 0.2) is 36.4 Å². The number of nitrogens with one attached hydrogen (secondary N) is 1. The Hall–Kier alpha value is -3.29. The molecule has 0 unspecified atom stereocenters. The van der Waals surface area contributed by atoms with Gasteiger partial charge in [0, 0.05) is 6.07 Å². The van der Waals surface area contributed by atoms with Crippen molar-refractivity contribution in [3.8, 4) is 5.75 Å². The van der Waals surface area contributed by atoms with E-state index < -0.39 is 35.9 Å². The number of carboxylic acids is 1. The van der Waals surface area contributed by atoms with Crippen LogP contribution in [0.5, 0.6) is 5.75 Å². The molecule has 0 saturated heterocycles. The monoisotopic (exact) mass is 349 g/mol. The molecule has 2 aromatic carbocycles. The minimum atomic E-state index is -1.23. The summed E-state index contributed by atoms with van der Waals surface area (Å²) in [4.78, 5) is 34.4. The van der Waals surface area contributed by atoms with Crippen LogP contribution in [0.3, 0.4) is 0 Å². The first-order chi connectivity index (χ1) is 11.8. The first-order valence-corrected chi connectivity index (χ1v) is 7.04. The molecule has 2 N–H and O–H groups in total. The van der Waals surface area contributed by atoms with Crippen molar-refractivity contribution >= 4 is 23.3 Å². The lowest BCUT2D eigenvalue weighted by atomic mass is 10.1. The van der Waals surface area contributed by atoms with Gasteiger partial charge in [0.1, 0.15) is 5.75 Å². The summed E-state index contributed by atoms with van der Waals surface area (Å²) in [5.41, 5.74) is -0.272. The zero-order chi connectivity index (χ0) is 18.6. The molecule has 0 fully saturated rings. The van der Waals surface area contributed by atoms with Gasteiger partial charge in [0.25, 0.3) is 5.91 Å². The molecule has 0 aliphatic rings. The van der Waals surface area contributed by atoms with Gasteiger partial charge in [-0.3, -0.25) is 9.59 Å². The van der Waals surface area contributed by atoms with Gasteiger partial charge in [-0.15, -0.1) is 0 Å². The summed E-state index contributed by atoms with van der Waals surface area (Å²) in [6.07, 6.45) is 0. The number of Topliss-reactive ketones (excluding diaryl/α,β-unsaturated/α-hetero) is 1. The van der Waals surface area contributed by atoms with Crippen LogP contribution >= 0.6 is 0 Å². The number of rotatable bonds is 6. The number of aromatic carboxylic acids is 1. The lowest BCUT2D eigenvalue weighted by Gasteiger charge is -2.12. The van der Waals surface area contributed by atoms with E-state index in [2.05, 4.69) is 5.32 Å². The Kier molecular flexibility index (Phi) is 5.43. The van der Waals surface area contributed by atoms with Gasteiger partial charge in [-0.05, 0) is 25.1 Å². The highest BCUT2D eigenvalue weighted by atomic mass is 19.2. The van der Waals surface area contributed by atoms with Crippen LogP contribution in [0.4, 0.5) is 14.5 Å². The summed E-state index contributed by atoms with van der Waals surface area (Å²) in [6.45, 7) is 0.516. The first kappa shape index (κ1) is 18.1. The Morgan fingerprint density at radius 1 is 1.08 bits per heavy atom. The lowest BCUT2D eigenvalue weighted by Crippen LogP contribution is -2.22. The predicted molar refractivity (Wildman–Crippen MR) is 83.9 cm³/mol. The minimum Gasteiger partial charge on any atom is -0.483 e. The fraction of sp³-hybridized carbons (Fsp3) is 0.118. The fourth-order valence-electron chi connectivity index (χ4n) is 2.03. The zero-order valence-electron chi connectivity index (χ0n) is 13.0. The second-order valence-electron chi connectivity index (χ2n) is 5.01. The summed E-state index contributed by atoms with van der Waals surface area (Å²) in [6, 6.07) is 7.08. The lowest BCUT2D eigenvalue weighted by molar-refractivity contribution is -0.118. The van der Waals surface area contributed by atoms with Gasteiger partial charge in [-0.2, -0.15) is 0 Å². The highest BCUT2D eigenvalue weighted by Gasteiger charge is 2.16. The summed E-state index contributed by atoms with van der Waals surface area (Å²) < 4.78 is 31.6. The van der Waals surface area contributed by atoms with Crippen LogP contribution < -0.4 is 10.1 Å². The van der Waals surface area contributed by atoms with Gasteiger partial charge in [0.15, 0.2) is 24.0 Å². The van der Waals surface area contributed by atoms with E-state index in [-0.39, 0.29) is 22.6 Å². The van der Waals surface area contributed by atoms with Crippen LogP contribution in [-0.2, 0) is 4.79 Å². The molecule has 0 atom stereocenters. The average Bonchev–Trinajstić information content (AvgIpc) is 2.55. The van der Waals surface area contributed by atoms with Gasteiger partial charge >= 0.3 is 5.97 Å². The third-order valence-electron chi connectivity index (χ3n) is 3.19. The molecule has 6 nitrogen and oxygen atoms in total. The van der Waals surface area contributed by atoms with Crippen molar-refractivity contribution in [3.05, 3.63) is 59.2 Å². The van der Waals surface area contributed by atoms with Crippen molar-refractivity contribution in [3.63, 3.8) is 0 Å².